The lowest BCUT2D eigenvalue weighted by atomic mass is 10.1. The van der Waals surface area contributed by atoms with Crippen LogP contribution < -0.4 is 15.1 Å². The molecule has 0 radical (unpaired) electrons. The van der Waals surface area contributed by atoms with E-state index in [-0.39, 0.29) is 48.9 Å². The number of rotatable bonds is 14. The van der Waals surface area contributed by atoms with E-state index in [1.807, 2.05) is 0 Å². The number of benzene rings is 1. The van der Waals surface area contributed by atoms with Gasteiger partial charge in [-0.25, -0.2) is 4.79 Å². The summed E-state index contributed by atoms with van der Waals surface area (Å²) in [5, 5.41) is 19.5. The number of aromatic hydroxyl groups is 1. The molecule has 0 saturated carbocycles. The molecule has 2 rings (SSSR count). The molecule has 0 aliphatic carbocycles. The molecule has 160 valence electrons. The topological polar surface area (TPSA) is 106 Å². The van der Waals surface area contributed by atoms with E-state index in [9.17, 15) is 14.7 Å². The van der Waals surface area contributed by atoms with Gasteiger partial charge in [-0.05, 0) is 24.6 Å². The summed E-state index contributed by atoms with van der Waals surface area (Å²) in [7, 11) is 0. The molecule has 0 aliphatic heterocycles. The Kier molecular flexibility index (Phi) is 9.50. The van der Waals surface area contributed by atoms with Crippen molar-refractivity contribution in [1.82, 2.24) is 0 Å². The van der Waals surface area contributed by atoms with Gasteiger partial charge in [0.2, 0.25) is 5.75 Å². The molecule has 0 saturated heterocycles. The number of ether oxygens (including phenoxy) is 2. The average Bonchev–Trinajstić information content (AvgIpc) is 2.70. The van der Waals surface area contributed by atoms with Gasteiger partial charge in [-0.3, -0.25) is 4.79 Å². The third-order valence-electron chi connectivity index (χ3n) is 4.59. The van der Waals surface area contributed by atoms with Crippen LogP contribution in [-0.2, 0) is 4.79 Å². The Morgan fingerprint density at radius 3 is 2.55 bits per heavy atom. The number of aliphatic hydroxyl groups is 1. The van der Waals surface area contributed by atoms with Crippen molar-refractivity contribution >= 4 is 16.8 Å². The first-order chi connectivity index (χ1) is 14.1. The Balaban J connectivity index is 1.99. The molecular weight excluding hydrogens is 376 g/mol. The fraction of sp³-hybridized carbons (Fsp3) is 0.545. The first-order valence-corrected chi connectivity index (χ1v) is 10.2. The summed E-state index contributed by atoms with van der Waals surface area (Å²) in [4.78, 5) is 23.5. The van der Waals surface area contributed by atoms with Gasteiger partial charge >= 0.3 is 5.63 Å². The molecule has 7 heteroatoms. The van der Waals surface area contributed by atoms with Gasteiger partial charge in [-0.1, -0.05) is 39.0 Å². The third kappa shape index (κ3) is 7.09. The van der Waals surface area contributed by atoms with E-state index in [0.717, 1.165) is 19.3 Å². The summed E-state index contributed by atoms with van der Waals surface area (Å²) >= 11 is 0. The highest BCUT2D eigenvalue weighted by molar-refractivity contribution is 5.86. The lowest BCUT2D eigenvalue weighted by Gasteiger charge is -2.10. The SMILES string of the molecule is CCCCCCCCOc1c(O)c2cc(OCCC(=O)CCO)ccc2oc1=O. The van der Waals surface area contributed by atoms with E-state index in [4.69, 9.17) is 19.0 Å². The second-order valence-corrected chi connectivity index (χ2v) is 6.95. The highest BCUT2D eigenvalue weighted by Crippen LogP contribution is 2.33. The van der Waals surface area contributed by atoms with Gasteiger partial charge in [0.05, 0.1) is 18.6 Å². The molecule has 7 nitrogen and oxygen atoms in total. The molecule has 0 spiro atoms. The monoisotopic (exact) mass is 406 g/mol. The van der Waals surface area contributed by atoms with Gasteiger partial charge in [0.1, 0.15) is 17.1 Å². The highest BCUT2D eigenvalue weighted by atomic mass is 16.5. The minimum atomic E-state index is -0.718. The Bertz CT molecular complexity index is 841. The van der Waals surface area contributed by atoms with Crippen molar-refractivity contribution in [2.45, 2.75) is 58.3 Å². The van der Waals surface area contributed by atoms with Crippen molar-refractivity contribution in [3.63, 3.8) is 0 Å². The van der Waals surface area contributed by atoms with Crippen molar-refractivity contribution < 1.29 is 28.9 Å². The van der Waals surface area contributed by atoms with Gasteiger partial charge in [0, 0.05) is 19.4 Å². The summed E-state index contributed by atoms with van der Waals surface area (Å²) in [5.41, 5.74) is -0.493. The van der Waals surface area contributed by atoms with E-state index in [0.29, 0.717) is 17.7 Å². The van der Waals surface area contributed by atoms with E-state index < -0.39 is 5.63 Å². The van der Waals surface area contributed by atoms with Crippen LogP contribution in [0.5, 0.6) is 17.2 Å². The van der Waals surface area contributed by atoms with Crippen LogP contribution in [0.25, 0.3) is 11.0 Å². The maximum atomic E-state index is 12.1. The molecule has 0 atom stereocenters. The first kappa shape index (κ1) is 22.7. The average molecular weight is 406 g/mol. The summed E-state index contributed by atoms with van der Waals surface area (Å²) in [5.74, 6) is -0.127. The van der Waals surface area contributed by atoms with E-state index in [1.54, 1.807) is 12.1 Å². The lowest BCUT2D eigenvalue weighted by Crippen LogP contribution is -2.09. The van der Waals surface area contributed by atoms with Crippen molar-refractivity contribution in [2.75, 3.05) is 19.8 Å². The van der Waals surface area contributed by atoms with Crippen LogP contribution in [0.2, 0.25) is 0 Å². The van der Waals surface area contributed by atoms with Gasteiger partial charge in [0.15, 0.2) is 5.75 Å². The largest absolute Gasteiger partial charge is 0.504 e. The zero-order chi connectivity index (χ0) is 21.1. The maximum Gasteiger partial charge on any atom is 0.383 e. The van der Waals surface area contributed by atoms with Crippen molar-refractivity contribution in [3.8, 4) is 17.2 Å². The molecule has 1 heterocycles. The fourth-order valence-electron chi connectivity index (χ4n) is 2.95. The first-order valence-electron chi connectivity index (χ1n) is 10.2. The van der Waals surface area contributed by atoms with Gasteiger partial charge in [-0.2, -0.15) is 0 Å². The number of Topliss-reactive ketones (excluding diaryl/α,β-unsaturated/α-hetero) is 1. The number of carbonyl (C=O) groups is 1. The summed E-state index contributed by atoms with van der Waals surface area (Å²) < 4.78 is 16.3. The van der Waals surface area contributed by atoms with Crippen molar-refractivity contribution in [3.05, 3.63) is 28.6 Å². The molecule has 0 unspecified atom stereocenters. The molecular formula is C22H30O7. The number of fused-ring (bicyclic) bond motifs is 1. The van der Waals surface area contributed by atoms with Crippen LogP contribution in [-0.4, -0.2) is 35.8 Å². The fourth-order valence-corrected chi connectivity index (χ4v) is 2.95. The molecule has 0 bridgehead atoms. The Hall–Kier alpha value is -2.54. The summed E-state index contributed by atoms with van der Waals surface area (Å²) in [6.07, 6.45) is 6.81. The predicted molar refractivity (Wildman–Crippen MR) is 110 cm³/mol. The minimum Gasteiger partial charge on any atom is -0.504 e. The molecule has 2 aromatic rings. The third-order valence-corrected chi connectivity index (χ3v) is 4.59. The summed E-state index contributed by atoms with van der Waals surface area (Å²) in [6, 6.07) is 4.67. The Morgan fingerprint density at radius 1 is 1.03 bits per heavy atom. The zero-order valence-electron chi connectivity index (χ0n) is 16.9. The van der Waals surface area contributed by atoms with E-state index in [1.165, 1.54) is 25.3 Å². The number of aliphatic hydroxyl groups excluding tert-OH is 1. The van der Waals surface area contributed by atoms with Gasteiger partial charge in [-0.15, -0.1) is 0 Å². The van der Waals surface area contributed by atoms with Gasteiger partial charge < -0.3 is 24.1 Å². The van der Waals surface area contributed by atoms with Crippen LogP contribution in [0.3, 0.4) is 0 Å². The van der Waals surface area contributed by atoms with Crippen LogP contribution in [0.15, 0.2) is 27.4 Å². The number of unbranched alkanes of at least 4 members (excludes halogenated alkanes) is 5. The standard InChI is InChI=1S/C22H30O7/c1-2-3-4-5-6-7-13-28-21-20(25)18-15-17(8-9-19(18)29-22(21)26)27-14-11-16(24)10-12-23/h8-9,15,23,25H,2-7,10-14H2,1H3. The van der Waals surface area contributed by atoms with Crippen LogP contribution in [0.4, 0.5) is 0 Å². The number of hydrogen-bond acceptors (Lipinski definition) is 7. The molecule has 29 heavy (non-hydrogen) atoms. The van der Waals surface area contributed by atoms with Gasteiger partial charge in [0.25, 0.3) is 0 Å². The number of carbonyl (C=O) groups excluding carboxylic acids is 1. The van der Waals surface area contributed by atoms with Crippen LogP contribution in [0, 0.1) is 0 Å². The smallest absolute Gasteiger partial charge is 0.383 e. The Labute approximate surface area is 170 Å². The molecule has 0 amide bonds. The molecule has 1 aromatic heterocycles. The normalized spacial score (nSPS) is 11.0. The van der Waals surface area contributed by atoms with Crippen molar-refractivity contribution in [1.29, 1.82) is 0 Å². The zero-order valence-corrected chi connectivity index (χ0v) is 16.9. The maximum absolute atomic E-state index is 12.1. The number of ketones is 1. The second-order valence-electron chi connectivity index (χ2n) is 6.95. The summed E-state index contributed by atoms with van der Waals surface area (Å²) in [6.45, 7) is 2.48. The Morgan fingerprint density at radius 2 is 1.79 bits per heavy atom. The van der Waals surface area contributed by atoms with E-state index >= 15 is 0 Å². The minimum absolute atomic E-state index is 0.0903. The molecule has 0 aliphatic rings. The number of hydrogen-bond donors (Lipinski definition) is 2. The molecule has 1 aromatic carbocycles. The molecule has 2 N–H and O–H groups in total. The van der Waals surface area contributed by atoms with Crippen LogP contribution >= 0.6 is 0 Å². The lowest BCUT2D eigenvalue weighted by molar-refractivity contribution is -0.120. The van der Waals surface area contributed by atoms with E-state index in [2.05, 4.69) is 6.92 Å². The highest BCUT2D eigenvalue weighted by Gasteiger charge is 2.16. The second kappa shape index (κ2) is 12.1. The van der Waals surface area contributed by atoms with Crippen molar-refractivity contribution in [2.24, 2.45) is 0 Å². The van der Waals surface area contributed by atoms with Crippen LogP contribution in [0.1, 0.15) is 58.3 Å². The quantitative estimate of drug-likeness (QED) is 0.361. The molecule has 0 fully saturated rings. The predicted octanol–water partition coefficient (Wildman–Crippen LogP) is 3.96.